The smallest absolute Gasteiger partial charge is 0.748 e. The van der Waals surface area contributed by atoms with E-state index in [1.54, 1.807) is 0 Å². The van der Waals surface area contributed by atoms with Gasteiger partial charge in [0, 0.05) is 6.54 Å². The monoisotopic (exact) mass is 357 g/mol. The van der Waals surface area contributed by atoms with Crippen LogP contribution in [-0.4, -0.2) is 24.8 Å². The number of rotatable bonds is 15. The van der Waals surface area contributed by atoms with E-state index in [1.165, 1.54) is 57.8 Å². The van der Waals surface area contributed by atoms with Gasteiger partial charge in [0.05, 0.1) is 15.4 Å². The molecule has 6 heteroatoms. The molecular formula is C17H36NNaO3S. The van der Waals surface area contributed by atoms with Gasteiger partial charge in [-0.25, -0.2) is 8.42 Å². The average Bonchev–Trinajstić information content (AvgIpc) is 2.44. The topological polar surface area (TPSA) is 83.2 Å². The van der Waals surface area contributed by atoms with Crippen molar-refractivity contribution in [2.75, 3.05) is 6.54 Å². The van der Waals surface area contributed by atoms with Crippen LogP contribution in [0.3, 0.4) is 0 Å². The summed E-state index contributed by atoms with van der Waals surface area (Å²) in [6.07, 6.45) is 14.8. The van der Waals surface area contributed by atoms with Crippen LogP contribution in [-0.2, 0) is 10.1 Å². The first-order valence-corrected chi connectivity index (χ1v) is 10.5. The van der Waals surface area contributed by atoms with Gasteiger partial charge in [0.1, 0.15) is 0 Å². The maximum Gasteiger partial charge on any atom is 1.00 e. The summed E-state index contributed by atoms with van der Waals surface area (Å²) in [5.74, 6) is -0.133. The van der Waals surface area contributed by atoms with E-state index in [-0.39, 0.29) is 42.0 Å². The zero-order valence-electron chi connectivity index (χ0n) is 15.6. The molecule has 4 nitrogen and oxygen atoms in total. The van der Waals surface area contributed by atoms with Crippen molar-refractivity contribution in [3.05, 3.63) is 0 Å². The largest absolute Gasteiger partial charge is 1.00 e. The molecule has 0 aromatic carbocycles. The Hall–Kier alpha value is 0.870. The SMILES string of the molecule is CCCCCCCCCCCCCC(C)C(CN)S(=O)(=O)[O-].[Na+]. The Labute approximate surface area is 166 Å². The van der Waals surface area contributed by atoms with Crippen molar-refractivity contribution in [1.82, 2.24) is 0 Å². The molecule has 0 fully saturated rings. The summed E-state index contributed by atoms with van der Waals surface area (Å²) in [5, 5.41) is -0.921. The van der Waals surface area contributed by atoms with Gasteiger partial charge < -0.3 is 10.3 Å². The molecule has 0 bridgehead atoms. The molecule has 2 unspecified atom stereocenters. The molecule has 0 aromatic heterocycles. The van der Waals surface area contributed by atoms with E-state index >= 15 is 0 Å². The predicted molar refractivity (Wildman–Crippen MR) is 92.8 cm³/mol. The summed E-state index contributed by atoms with van der Waals surface area (Å²) in [6.45, 7) is 4.00. The van der Waals surface area contributed by atoms with E-state index in [0.717, 1.165) is 19.3 Å². The molecule has 0 rings (SSSR count). The first-order chi connectivity index (χ1) is 10.4. The molecule has 0 spiro atoms. The first kappa shape index (κ1) is 26.1. The molecule has 23 heavy (non-hydrogen) atoms. The second-order valence-electron chi connectivity index (χ2n) is 6.57. The minimum absolute atomic E-state index is 0. The van der Waals surface area contributed by atoms with Gasteiger partial charge >= 0.3 is 29.6 Å². The van der Waals surface area contributed by atoms with E-state index in [2.05, 4.69) is 6.92 Å². The molecule has 134 valence electrons. The molecule has 0 saturated heterocycles. The van der Waals surface area contributed by atoms with Crippen molar-refractivity contribution in [3.63, 3.8) is 0 Å². The van der Waals surface area contributed by atoms with Gasteiger partial charge in [-0.2, -0.15) is 0 Å². The zero-order chi connectivity index (χ0) is 16.8. The second kappa shape index (κ2) is 16.3. The Kier molecular flexibility index (Phi) is 18.5. The molecule has 2 atom stereocenters. The van der Waals surface area contributed by atoms with Gasteiger partial charge in [0.25, 0.3) is 0 Å². The third kappa shape index (κ3) is 14.9. The van der Waals surface area contributed by atoms with Crippen LogP contribution in [0, 0.1) is 5.92 Å². The minimum Gasteiger partial charge on any atom is -0.748 e. The minimum atomic E-state index is -4.25. The third-order valence-corrected chi connectivity index (χ3v) is 5.90. The van der Waals surface area contributed by atoms with E-state index in [1.807, 2.05) is 6.92 Å². The molecule has 0 aliphatic rings. The molecule has 2 N–H and O–H groups in total. The summed E-state index contributed by atoms with van der Waals surface area (Å²) in [7, 11) is -4.25. The summed E-state index contributed by atoms with van der Waals surface area (Å²) in [6, 6.07) is 0. The van der Waals surface area contributed by atoms with E-state index < -0.39 is 15.4 Å². The average molecular weight is 358 g/mol. The van der Waals surface area contributed by atoms with Gasteiger partial charge in [0.15, 0.2) is 0 Å². The summed E-state index contributed by atoms with van der Waals surface area (Å²) in [4.78, 5) is 0. The summed E-state index contributed by atoms with van der Waals surface area (Å²) >= 11 is 0. The van der Waals surface area contributed by atoms with Gasteiger partial charge in [-0.05, 0) is 12.3 Å². The fourth-order valence-electron chi connectivity index (χ4n) is 2.95. The predicted octanol–water partition coefficient (Wildman–Crippen LogP) is 1.20. The van der Waals surface area contributed by atoms with Crippen LogP contribution in [0.5, 0.6) is 0 Å². The van der Waals surface area contributed by atoms with E-state index in [0.29, 0.717) is 0 Å². The quantitative estimate of drug-likeness (QED) is 0.271. The Balaban J connectivity index is 0. The molecule has 0 saturated carbocycles. The molecule has 0 aliphatic heterocycles. The molecular weight excluding hydrogens is 321 g/mol. The van der Waals surface area contributed by atoms with Gasteiger partial charge in [-0.15, -0.1) is 0 Å². The van der Waals surface area contributed by atoms with Crippen LogP contribution < -0.4 is 35.3 Å². The van der Waals surface area contributed by atoms with Crippen LogP contribution in [0.1, 0.15) is 90.9 Å². The van der Waals surface area contributed by atoms with Crippen molar-refractivity contribution in [2.45, 2.75) is 96.1 Å². The van der Waals surface area contributed by atoms with Crippen LogP contribution in [0.15, 0.2) is 0 Å². The summed E-state index contributed by atoms with van der Waals surface area (Å²) in [5.41, 5.74) is 5.41. The maximum absolute atomic E-state index is 11.1. The molecule has 0 amide bonds. The zero-order valence-corrected chi connectivity index (χ0v) is 18.4. The van der Waals surface area contributed by atoms with Gasteiger partial charge in [-0.1, -0.05) is 84.5 Å². The summed E-state index contributed by atoms with van der Waals surface area (Å²) < 4.78 is 33.2. The van der Waals surface area contributed by atoms with E-state index in [9.17, 15) is 13.0 Å². The first-order valence-electron chi connectivity index (χ1n) is 9.08. The fraction of sp³-hybridized carbons (Fsp3) is 1.00. The van der Waals surface area contributed by atoms with Crippen molar-refractivity contribution in [1.29, 1.82) is 0 Å². The number of hydrogen-bond acceptors (Lipinski definition) is 4. The van der Waals surface area contributed by atoms with E-state index in [4.69, 9.17) is 5.73 Å². The Morgan fingerprint density at radius 1 is 0.870 bits per heavy atom. The number of unbranched alkanes of at least 4 members (excludes halogenated alkanes) is 10. The Bertz CT molecular complexity index is 350. The maximum atomic E-state index is 11.1. The third-order valence-electron chi connectivity index (χ3n) is 4.50. The van der Waals surface area contributed by atoms with Crippen LogP contribution >= 0.6 is 0 Å². The molecule has 0 heterocycles. The van der Waals surface area contributed by atoms with Crippen LogP contribution in [0.25, 0.3) is 0 Å². The Morgan fingerprint density at radius 3 is 1.61 bits per heavy atom. The van der Waals surface area contributed by atoms with Gasteiger partial charge in [-0.3, -0.25) is 0 Å². The Morgan fingerprint density at radius 2 is 1.26 bits per heavy atom. The van der Waals surface area contributed by atoms with Crippen molar-refractivity contribution >= 4 is 10.1 Å². The molecule has 0 radical (unpaired) electrons. The van der Waals surface area contributed by atoms with Crippen molar-refractivity contribution in [2.24, 2.45) is 11.7 Å². The molecule has 0 aromatic rings. The van der Waals surface area contributed by atoms with Gasteiger partial charge in [0.2, 0.25) is 0 Å². The normalized spacial score (nSPS) is 14.3. The standard InChI is InChI=1S/C17H37NO3S.Na/c1-3-4-5-6-7-8-9-10-11-12-13-14-16(2)17(15-18)22(19,20)21;/h16-17H,3-15,18H2,1-2H3,(H,19,20,21);/q;+1/p-1. The number of hydrogen-bond donors (Lipinski definition) is 1. The number of nitrogens with two attached hydrogens (primary N) is 1. The molecule has 0 aliphatic carbocycles. The van der Waals surface area contributed by atoms with Crippen molar-refractivity contribution in [3.8, 4) is 0 Å². The van der Waals surface area contributed by atoms with Crippen molar-refractivity contribution < 1.29 is 42.5 Å². The van der Waals surface area contributed by atoms with Crippen LogP contribution in [0.4, 0.5) is 0 Å². The fourth-order valence-corrected chi connectivity index (χ4v) is 3.89. The van der Waals surface area contributed by atoms with Crippen LogP contribution in [0.2, 0.25) is 0 Å². The second-order valence-corrected chi connectivity index (χ2v) is 8.16.